The second-order valence-electron chi connectivity index (χ2n) is 10.0. The summed E-state index contributed by atoms with van der Waals surface area (Å²) in [6, 6.07) is 5.77. The van der Waals surface area contributed by atoms with Crippen LogP contribution in [0.2, 0.25) is 0 Å². The Kier molecular flexibility index (Phi) is 5.50. The third-order valence-electron chi connectivity index (χ3n) is 7.29. The number of nitrogens with zero attached hydrogens (tertiary/aromatic N) is 3. The molecule has 4 aliphatic carbocycles. The van der Waals surface area contributed by atoms with Gasteiger partial charge in [-0.05, 0) is 86.3 Å². The van der Waals surface area contributed by atoms with Gasteiger partial charge >= 0.3 is 0 Å². The number of hydrogen-bond acceptors (Lipinski definition) is 6. The second-order valence-corrected chi connectivity index (χ2v) is 10.0. The summed E-state index contributed by atoms with van der Waals surface area (Å²) >= 11 is 0. The molecule has 7 nitrogen and oxygen atoms in total. The Morgan fingerprint density at radius 2 is 1.65 bits per heavy atom. The lowest BCUT2D eigenvalue weighted by molar-refractivity contribution is -0.129. The van der Waals surface area contributed by atoms with E-state index in [1.807, 2.05) is 25.1 Å². The molecule has 4 bridgehead atoms. The summed E-state index contributed by atoms with van der Waals surface area (Å²) < 4.78 is 0. The van der Waals surface area contributed by atoms with E-state index in [0.717, 1.165) is 35.0 Å². The number of pyridine rings is 1. The highest BCUT2D eigenvalue weighted by Gasteiger charge is 2.51. The average Bonchev–Trinajstić information content (AvgIpc) is 2.70. The molecule has 0 spiro atoms. The van der Waals surface area contributed by atoms with Crippen LogP contribution in [-0.4, -0.2) is 33.9 Å². The molecular weight excluding hydrogens is 388 g/mol. The monoisotopic (exact) mass is 420 g/mol. The van der Waals surface area contributed by atoms with E-state index in [2.05, 4.69) is 30.9 Å². The van der Waals surface area contributed by atoms with Gasteiger partial charge in [0.2, 0.25) is 5.91 Å². The lowest BCUT2D eigenvalue weighted by Crippen LogP contribution is -2.48. The summed E-state index contributed by atoms with van der Waals surface area (Å²) in [6.07, 6.45) is 12.1. The number of rotatable bonds is 8. The van der Waals surface area contributed by atoms with Gasteiger partial charge < -0.3 is 16.0 Å². The van der Waals surface area contributed by atoms with Crippen molar-refractivity contribution in [2.24, 2.45) is 23.2 Å². The molecular formula is C24H32N6O. The zero-order valence-electron chi connectivity index (χ0n) is 18.2. The number of carbonyl (C=O) groups excluding carboxylic acids is 1. The lowest BCUT2D eigenvalue weighted by atomic mass is 9.49. The highest BCUT2D eigenvalue weighted by atomic mass is 16.1. The molecule has 0 aliphatic heterocycles. The summed E-state index contributed by atoms with van der Waals surface area (Å²) in [6.45, 7) is 3.25. The number of nitrogens with one attached hydrogen (secondary N) is 3. The molecule has 31 heavy (non-hydrogen) atoms. The van der Waals surface area contributed by atoms with Crippen LogP contribution in [0, 0.1) is 30.1 Å². The van der Waals surface area contributed by atoms with Crippen LogP contribution >= 0.6 is 0 Å². The van der Waals surface area contributed by atoms with Crippen LogP contribution in [0.3, 0.4) is 0 Å². The molecule has 0 radical (unpaired) electrons. The van der Waals surface area contributed by atoms with Gasteiger partial charge in [-0.25, -0.2) is 15.0 Å². The minimum Gasteiger partial charge on any atom is -0.368 e. The van der Waals surface area contributed by atoms with Crippen molar-refractivity contribution in [1.29, 1.82) is 0 Å². The van der Waals surface area contributed by atoms with E-state index in [1.165, 1.54) is 44.9 Å². The zero-order chi connectivity index (χ0) is 21.3. The number of aromatic nitrogens is 3. The fourth-order valence-electron chi connectivity index (χ4n) is 6.56. The molecule has 2 aromatic heterocycles. The summed E-state index contributed by atoms with van der Waals surface area (Å²) in [5, 5.41) is 9.58. The summed E-state index contributed by atoms with van der Waals surface area (Å²) in [5.74, 6) is 5.02. The Labute approximate surface area is 183 Å². The van der Waals surface area contributed by atoms with Crippen LogP contribution in [0.4, 0.5) is 17.5 Å². The molecule has 0 unspecified atom stereocenters. The molecule has 4 aliphatic rings. The van der Waals surface area contributed by atoms with Crippen molar-refractivity contribution in [3.05, 3.63) is 36.3 Å². The first kappa shape index (κ1) is 20.2. The molecule has 2 aromatic rings. The van der Waals surface area contributed by atoms with Gasteiger partial charge in [0.25, 0.3) is 0 Å². The Morgan fingerprint density at radius 3 is 2.35 bits per heavy atom. The van der Waals surface area contributed by atoms with Crippen LogP contribution in [-0.2, 0) is 4.79 Å². The number of amides is 1. The number of aryl methyl sites for hydroxylation is 1. The van der Waals surface area contributed by atoms with Gasteiger partial charge in [0.05, 0.1) is 0 Å². The molecule has 0 aromatic carbocycles. The van der Waals surface area contributed by atoms with Crippen molar-refractivity contribution in [2.75, 3.05) is 23.7 Å². The van der Waals surface area contributed by atoms with E-state index in [9.17, 15) is 4.79 Å². The summed E-state index contributed by atoms with van der Waals surface area (Å²) in [7, 11) is 0. The van der Waals surface area contributed by atoms with Crippen LogP contribution in [0.15, 0.2) is 30.7 Å². The third kappa shape index (κ3) is 4.81. The summed E-state index contributed by atoms with van der Waals surface area (Å²) in [5.41, 5.74) is 1.43. The molecule has 6 rings (SSSR count). The number of carbonyl (C=O) groups is 1. The van der Waals surface area contributed by atoms with Gasteiger partial charge in [-0.15, -0.1) is 0 Å². The summed E-state index contributed by atoms with van der Waals surface area (Å²) in [4.78, 5) is 25.5. The fourth-order valence-corrected chi connectivity index (χ4v) is 6.56. The maximum absolute atomic E-state index is 12.6. The van der Waals surface area contributed by atoms with Crippen LogP contribution in [0.25, 0.3) is 0 Å². The van der Waals surface area contributed by atoms with Crippen molar-refractivity contribution in [2.45, 2.75) is 51.9 Å². The number of anilines is 3. The largest absolute Gasteiger partial charge is 0.368 e. The highest BCUT2D eigenvalue weighted by Crippen LogP contribution is 2.61. The minimum atomic E-state index is 0.208. The van der Waals surface area contributed by atoms with E-state index >= 15 is 0 Å². The maximum Gasteiger partial charge on any atom is 0.220 e. The second kappa shape index (κ2) is 8.44. The molecule has 0 saturated heterocycles. The van der Waals surface area contributed by atoms with Crippen molar-refractivity contribution in [1.82, 2.24) is 20.3 Å². The lowest BCUT2D eigenvalue weighted by Gasteiger charge is -2.56. The van der Waals surface area contributed by atoms with Crippen LogP contribution < -0.4 is 16.0 Å². The average molecular weight is 421 g/mol. The van der Waals surface area contributed by atoms with Gasteiger partial charge in [0.1, 0.15) is 23.8 Å². The molecule has 0 atom stereocenters. The van der Waals surface area contributed by atoms with E-state index in [-0.39, 0.29) is 5.91 Å². The Bertz CT molecular complexity index is 910. The maximum atomic E-state index is 12.6. The van der Waals surface area contributed by atoms with E-state index in [1.54, 1.807) is 6.20 Å². The molecule has 1 amide bonds. The topological polar surface area (TPSA) is 91.8 Å². The van der Waals surface area contributed by atoms with Gasteiger partial charge in [-0.1, -0.05) is 0 Å². The molecule has 4 fully saturated rings. The van der Waals surface area contributed by atoms with E-state index < -0.39 is 0 Å². The van der Waals surface area contributed by atoms with E-state index in [4.69, 9.17) is 0 Å². The normalized spacial score (nSPS) is 28.4. The van der Waals surface area contributed by atoms with Gasteiger partial charge in [-0.3, -0.25) is 4.79 Å². The minimum absolute atomic E-state index is 0.208. The Balaban J connectivity index is 1.07. The third-order valence-corrected chi connectivity index (χ3v) is 7.29. The predicted octanol–water partition coefficient (Wildman–Crippen LogP) is 4.06. The van der Waals surface area contributed by atoms with Crippen molar-refractivity contribution < 1.29 is 4.79 Å². The van der Waals surface area contributed by atoms with Gasteiger partial charge in [0, 0.05) is 31.8 Å². The zero-order valence-corrected chi connectivity index (χ0v) is 18.2. The van der Waals surface area contributed by atoms with Gasteiger partial charge in [-0.2, -0.15) is 0 Å². The SMILES string of the molecule is Cc1ccnc(Nc2cc(NCCNC(=O)CC34CC5CC(CC(C5)C3)C4)ncn2)c1. The van der Waals surface area contributed by atoms with Gasteiger partial charge in [0.15, 0.2) is 0 Å². The number of hydrogen-bond donors (Lipinski definition) is 3. The Morgan fingerprint density at radius 1 is 0.968 bits per heavy atom. The first-order valence-corrected chi connectivity index (χ1v) is 11.6. The first-order chi connectivity index (χ1) is 15.1. The van der Waals surface area contributed by atoms with Crippen molar-refractivity contribution >= 4 is 23.4 Å². The van der Waals surface area contributed by atoms with Crippen LogP contribution in [0.1, 0.15) is 50.5 Å². The van der Waals surface area contributed by atoms with Crippen molar-refractivity contribution in [3.63, 3.8) is 0 Å². The van der Waals surface area contributed by atoms with Crippen molar-refractivity contribution in [3.8, 4) is 0 Å². The standard InChI is InChI=1S/C24H32N6O/c1-16-2-3-25-21(6-16)30-22-10-20(28-15-29-22)26-4-5-27-23(31)14-24-11-17-7-18(12-24)9-19(8-17)13-24/h2-3,6,10,15,17-19H,4-5,7-9,11-14H2,1H3,(H,27,31)(H2,25,26,28,29,30). The van der Waals surface area contributed by atoms with E-state index in [0.29, 0.717) is 30.7 Å². The predicted molar refractivity (Wildman–Crippen MR) is 121 cm³/mol. The molecule has 4 saturated carbocycles. The van der Waals surface area contributed by atoms with Crippen LogP contribution in [0.5, 0.6) is 0 Å². The highest BCUT2D eigenvalue weighted by molar-refractivity contribution is 5.76. The molecule has 164 valence electrons. The fraction of sp³-hybridized carbons (Fsp3) is 0.583. The smallest absolute Gasteiger partial charge is 0.220 e. The first-order valence-electron chi connectivity index (χ1n) is 11.6. The molecule has 7 heteroatoms. The quantitative estimate of drug-likeness (QED) is 0.558. The molecule has 3 N–H and O–H groups in total. The Hall–Kier alpha value is -2.70. The molecule has 2 heterocycles.